The molecule has 1 rings (SSSR count). The average molecular weight is 319 g/mol. The molecule has 0 bridgehead atoms. The van der Waals surface area contributed by atoms with Crippen molar-refractivity contribution in [1.82, 2.24) is 5.32 Å². The Morgan fingerprint density at radius 1 is 0.913 bits per heavy atom. The smallest absolute Gasteiger partial charge is 0.319 e. The number of hydrogen-bond acceptors (Lipinski definition) is 1. The van der Waals surface area contributed by atoms with Crippen LogP contribution in [0.25, 0.3) is 0 Å². The molecule has 1 aromatic carbocycles. The number of anilines is 1. The van der Waals surface area contributed by atoms with Crippen LogP contribution < -0.4 is 10.6 Å². The quantitative estimate of drug-likeness (QED) is 0.752. The fourth-order valence-electron chi connectivity index (χ4n) is 2.70. The molecule has 0 aliphatic heterocycles. The second-order valence-corrected chi connectivity index (χ2v) is 9.22. The number of nitrogens with one attached hydrogen (secondary N) is 2. The lowest BCUT2D eigenvalue weighted by Crippen LogP contribution is -2.53. The molecule has 130 valence electrons. The average Bonchev–Trinajstić information content (AvgIpc) is 2.35. The van der Waals surface area contributed by atoms with Gasteiger partial charge in [-0.15, -0.1) is 0 Å². The number of amides is 2. The Hall–Kier alpha value is -1.51. The van der Waals surface area contributed by atoms with Gasteiger partial charge < -0.3 is 10.6 Å². The van der Waals surface area contributed by atoms with Gasteiger partial charge in [0.15, 0.2) is 0 Å². The minimum absolute atomic E-state index is 0.116. The van der Waals surface area contributed by atoms with E-state index in [0.29, 0.717) is 5.92 Å². The van der Waals surface area contributed by atoms with E-state index in [0.717, 1.165) is 5.69 Å². The van der Waals surface area contributed by atoms with Gasteiger partial charge in [-0.05, 0) is 48.3 Å². The molecule has 1 unspecified atom stereocenters. The van der Waals surface area contributed by atoms with Crippen molar-refractivity contribution in [3.63, 3.8) is 0 Å². The molecule has 0 heterocycles. The lowest BCUT2D eigenvalue weighted by molar-refractivity contribution is 0.144. The summed E-state index contributed by atoms with van der Waals surface area (Å²) in [5, 5.41) is 6.04. The number of carbonyl (C=O) groups excluding carboxylic acids is 1. The van der Waals surface area contributed by atoms with E-state index in [-0.39, 0.29) is 22.4 Å². The summed E-state index contributed by atoms with van der Waals surface area (Å²) < 4.78 is 0. The standard InChI is InChI=1S/C20H34N2O/c1-14(18(2,3)4)20(8,9)22-17(23)21-16-12-10-15(11-13-16)19(5,6)7/h10-14H,1-9H3,(H2,21,22,23). The van der Waals surface area contributed by atoms with Crippen molar-refractivity contribution in [2.75, 3.05) is 5.32 Å². The van der Waals surface area contributed by atoms with Gasteiger partial charge in [0.25, 0.3) is 0 Å². The molecule has 0 fully saturated rings. The summed E-state index contributed by atoms with van der Waals surface area (Å²) in [7, 11) is 0. The third-order valence-corrected chi connectivity index (χ3v) is 4.83. The zero-order valence-corrected chi connectivity index (χ0v) is 16.3. The normalized spacial score (nSPS) is 14.3. The summed E-state index contributed by atoms with van der Waals surface area (Å²) in [6, 6.07) is 7.90. The first-order valence-electron chi connectivity index (χ1n) is 8.43. The third kappa shape index (κ3) is 5.56. The highest BCUT2D eigenvalue weighted by Gasteiger charge is 2.35. The molecule has 0 saturated carbocycles. The van der Waals surface area contributed by atoms with Crippen molar-refractivity contribution in [3.05, 3.63) is 29.8 Å². The molecule has 23 heavy (non-hydrogen) atoms. The molecular formula is C20H34N2O. The Morgan fingerprint density at radius 3 is 1.78 bits per heavy atom. The SMILES string of the molecule is CC(C(C)(C)C)C(C)(C)NC(=O)Nc1ccc(C(C)(C)C)cc1. The minimum Gasteiger partial charge on any atom is -0.333 e. The van der Waals surface area contributed by atoms with Crippen molar-refractivity contribution in [2.45, 2.75) is 73.3 Å². The van der Waals surface area contributed by atoms with Crippen LogP contribution in [-0.2, 0) is 5.41 Å². The molecule has 0 aromatic heterocycles. The first-order valence-corrected chi connectivity index (χ1v) is 8.43. The molecule has 0 aliphatic rings. The van der Waals surface area contributed by atoms with Crippen molar-refractivity contribution in [1.29, 1.82) is 0 Å². The van der Waals surface area contributed by atoms with E-state index >= 15 is 0 Å². The van der Waals surface area contributed by atoms with E-state index in [1.165, 1.54) is 5.56 Å². The van der Waals surface area contributed by atoms with Crippen LogP contribution in [0.2, 0.25) is 0 Å². The van der Waals surface area contributed by atoms with Crippen molar-refractivity contribution in [3.8, 4) is 0 Å². The fraction of sp³-hybridized carbons (Fsp3) is 0.650. The molecule has 0 spiro atoms. The van der Waals surface area contributed by atoms with Gasteiger partial charge >= 0.3 is 6.03 Å². The first-order chi connectivity index (χ1) is 10.2. The molecule has 0 aliphatic carbocycles. The van der Waals surface area contributed by atoms with Gasteiger partial charge in [0.2, 0.25) is 0 Å². The van der Waals surface area contributed by atoms with Crippen LogP contribution in [0.3, 0.4) is 0 Å². The number of urea groups is 1. The summed E-state index contributed by atoms with van der Waals surface area (Å²) in [6.45, 7) is 19.5. The summed E-state index contributed by atoms with van der Waals surface area (Å²) in [4.78, 5) is 12.3. The van der Waals surface area contributed by atoms with Gasteiger partial charge in [-0.1, -0.05) is 60.6 Å². The largest absolute Gasteiger partial charge is 0.333 e. The predicted octanol–water partition coefficient (Wildman–Crippen LogP) is 5.57. The molecule has 2 amide bonds. The van der Waals surface area contributed by atoms with Crippen LogP contribution in [0.1, 0.15) is 67.9 Å². The number of hydrogen-bond donors (Lipinski definition) is 2. The number of benzene rings is 1. The second-order valence-electron chi connectivity index (χ2n) is 9.22. The van der Waals surface area contributed by atoms with Crippen LogP contribution in [0.15, 0.2) is 24.3 Å². The summed E-state index contributed by atoms with van der Waals surface area (Å²) in [5.74, 6) is 0.337. The molecule has 3 nitrogen and oxygen atoms in total. The van der Waals surface area contributed by atoms with E-state index in [1.54, 1.807) is 0 Å². The molecule has 0 saturated heterocycles. The Kier molecular flexibility index (Phi) is 5.56. The maximum atomic E-state index is 12.3. The molecule has 0 radical (unpaired) electrons. The maximum Gasteiger partial charge on any atom is 0.319 e. The van der Waals surface area contributed by atoms with Crippen molar-refractivity contribution < 1.29 is 4.79 Å². The topological polar surface area (TPSA) is 41.1 Å². The zero-order chi connectivity index (χ0) is 18.1. The highest BCUT2D eigenvalue weighted by Crippen LogP contribution is 2.34. The van der Waals surface area contributed by atoms with E-state index in [9.17, 15) is 4.79 Å². The van der Waals surface area contributed by atoms with Gasteiger partial charge in [-0.25, -0.2) is 4.79 Å². The zero-order valence-electron chi connectivity index (χ0n) is 16.3. The monoisotopic (exact) mass is 318 g/mol. The van der Waals surface area contributed by atoms with Gasteiger partial charge in [-0.2, -0.15) is 0 Å². The summed E-state index contributed by atoms with van der Waals surface area (Å²) in [5.41, 5.74) is 2.03. The fourth-order valence-corrected chi connectivity index (χ4v) is 2.70. The van der Waals surface area contributed by atoms with Crippen LogP contribution in [0, 0.1) is 11.3 Å². The van der Waals surface area contributed by atoms with Crippen molar-refractivity contribution in [2.24, 2.45) is 11.3 Å². The van der Waals surface area contributed by atoms with Gasteiger partial charge in [0.1, 0.15) is 0 Å². The third-order valence-electron chi connectivity index (χ3n) is 4.83. The molecule has 3 heteroatoms. The van der Waals surface area contributed by atoms with Crippen LogP contribution in [0.5, 0.6) is 0 Å². The maximum absolute atomic E-state index is 12.3. The predicted molar refractivity (Wildman–Crippen MR) is 100.0 cm³/mol. The number of rotatable bonds is 3. The van der Waals surface area contributed by atoms with Gasteiger partial charge in [-0.3, -0.25) is 0 Å². The van der Waals surface area contributed by atoms with E-state index in [4.69, 9.17) is 0 Å². The lowest BCUT2D eigenvalue weighted by Gasteiger charge is -2.41. The molecule has 1 aromatic rings. The highest BCUT2D eigenvalue weighted by molar-refractivity contribution is 5.89. The molecular weight excluding hydrogens is 284 g/mol. The summed E-state index contributed by atoms with van der Waals surface area (Å²) in [6.07, 6.45) is 0. The van der Waals surface area contributed by atoms with Crippen LogP contribution in [-0.4, -0.2) is 11.6 Å². The van der Waals surface area contributed by atoms with Gasteiger partial charge in [0, 0.05) is 11.2 Å². The first kappa shape index (κ1) is 19.5. The molecule has 2 N–H and O–H groups in total. The Labute approximate surface area is 142 Å². The van der Waals surface area contributed by atoms with Crippen molar-refractivity contribution >= 4 is 11.7 Å². The Balaban J connectivity index is 2.73. The highest BCUT2D eigenvalue weighted by atomic mass is 16.2. The van der Waals surface area contributed by atoms with Crippen LogP contribution in [0.4, 0.5) is 10.5 Å². The lowest BCUT2D eigenvalue weighted by atomic mass is 9.71. The summed E-state index contributed by atoms with van der Waals surface area (Å²) >= 11 is 0. The Morgan fingerprint density at radius 2 is 1.39 bits per heavy atom. The second kappa shape index (κ2) is 6.54. The molecule has 1 atom stereocenters. The Bertz CT molecular complexity index is 530. The van der Waals surface area contributed by atoms with Crippen LogP contribution >= 0.6 is 0 Å². The number of carbonyl (C=O) groups is 1. The minimum atomic E-state index is -0.284. The van der Waals surface area contributed by atoms with Gasteiger partial charge in [0.05, 0.1) is 0 Å². The van der Waals surface area contributed by atoms with E-state index in [1.807, 2.05) is 12.1 Å². The van der Waals surface area contributed by atoms with E-state index < -0.39 is 0 Å². The van der Waals surface area contributed by atoms with E-state index in [2.05, 4.69) is 85.1 Å².